The summed E-state index contributed by atoms with van der Waals surface area (Å²) in [4.78, 5) is 0. The highest BCUT2D eigenvalue weighted by Gasteiger charge is 2.02. The molecular weight excluding hydrogens is 166 g/mol. The molecule has 70 valence electrons. The van der Waals surface area contributed by atoms with Crippen molar-refractivity contribution in [1.82, 2.24) is 0 Å². The summed E-state index contributed by atoms with van der Waals surface area (Å²) in [5.41, 5.74) is 3.01. The van der Waals surface area contributed by atoms with Crippen molar-refractivity contribution in [3.8, 4) is 5.75 Å². The van der Waals surface area contributed by atoms with Crippen LogP contribution in [0.2, 0.25) is 0 Å². The first-order valence-electron chi connectivity index (χ1n) is 4.01. The Bertz CT molecular complexity index is 309. The number of methoxy groups -OCH3 is 1. The lowest BCUT2D eigenvalue weighted by atomic mass is 10.0. The van der Waals surface area contributed by atoms with Crippen LogP contribution in [0.3, 0.4) is 0 Å². The molecule has 0 amide bonds. The lowest BCUT2D eigenvalue weighted by Crippen LogP contribution is -1.94. The minimum Gasteiger partial charge on any atom is -0.497 e. The summed E-state index contributed by atoms with van der Waals surface area (Å²) >= 11 is 0. The maximum atomic E-state index is 8.43. The second-order valence-corrected chi connectivity index (χ2v) is 2.92. The molecule has 0 aliphatic carbocycles. The molecule has 0 saturated heterocycles. The average molecular weight is 179 g/mol. The quantitative estimate of drug-likeness (QED) is 0.429. The summed E-state index contributed by atoms with van der Waals surface area (Å²) in [5.74, 6) is 0.824. The molecule has 13 heavy (non-hydrogen) atoms. The highest BCUT2D eigenvalue weighted by molar-refractivity contribution is 5.83. The van der Waals surface area contributed by atoms with Crippen LogP contribution in [-0.2, 0) is 0 Å². The zero-order valence-corrected chi connectivity index (χ0v) is 8.03. The first-order chi connectivity index (χ1) is 6.19. The van der Waals surface area contributed by atoms with Crippen molar-refractivity contribution in [2.75, 3.05) is 7.11 Å². The first kappa shape index (κ1) is 9.58. The van der Waals surface area contributed by atoms with Crippen LogP contribution in [0.15, 0.2) is 17.3 Å². The second kappa shape index (κ2) is 3.94. The van der Waals surface area contributed by atoms with Crippen molar-refractivity contribution in [1.29, 1.82) is 0 Å². The second-order valence-electron chi connectivity index (χ2n) is 2.92. The van der Waals surface area contributed by atoms with Gasteiger partial charge in [0.25, 0.3) is 0 Å². The van der Waals surface area contributed by atoms with E-state index in [1.54, 1.807) is 7.11 Å². The Morgan fingerprint density at radius 3 is 2.23 bits per heavy atom. The topological polar surface area (TPSA) is 41.8 Å². The lowest BCUT2D eigenvalue weighted by Gasteiger charge is -2.07. The summed E-state index contributed by atoms with van der Waals surface area (Å²) in [6, 6.07) is 3.81. The van der Waals surface area contributed by atoms with E-state index in [0.29, 0.717) is 0 Å². The van der Waals surface area contributed by atoms with Crippen molar-refractivity contribution in [3.05, 3.63) is 28.8 Å². The summed E-state index contributed by atoms with van der Waals surface area (Å²) in [5, 5.41) is 11.5. The molecule has 1 rings (SSSR count). The van der Waals surface area contributed by atoms with Gasteiger partial charge in [-0.3, -0.25) is 0 Å². The van der Waals surface area contributed by atoms with E-state index >= 15 is 0 Å². The van der Waals surface area contributed by atoms with Crippen LogP contribution in [0.5, 0.6) is 5.75 Å². The fourth-order valence-electron chi connectivity index (χ4n) is 1.31. The molecule has 1 aromatic carbocycles. The molecular formula is C10H13NO2. The number of benzene rings is 1. The molecule has 0 atom stereocenters. The Balaban J connectivity index is 3.22. The fourth-order valence-corrected chi connectivity index (χ4v) is 1.31. The predicted molar refractivity (Wildman–Crippen MR) is 51.8 cm³/mol. The molecule has 0 bridgehead atoms. The fraction of sp³-hybridized carbons (Fsp3) is 0.300. The Hall–Kier alpha value is -1.51. The molecule has 0 aliphatic rings. The molecule has 0 radical (unpaired) electrons. The van der Waals surface area contributed by atoms with Crippen LogP contribution in [-0.4, -0.2) is 18.5 Å². The van der Waals surface area contributed by atoms with Crippen molar-refractivity contribution in [2.45, 2.75) is 13.8 Å². The Kier molecular flexibility index (Phi) is 2.90. The maximum Gasteiger partial charge on any atom is 0.119 e. The highest BCUT2D eigenvalue weighted by atomic mass is 16.5. The van der Waals surface area contributed by atoms with Crippen molar-refractivity contribution in [2.24, 2.45) is 5.16 Å². The van der Waals surface area contributed by atoms with E-state index in [0.717, 1.165) is 22.4 Å². The van der Waals surface area contributed by atoms with E-state index in [1.807, 2.05) is 26.0 Å². The van der Waals surface area contributed by atoms with E-state index in [9.17, 15) is 0 Å². The van der Waals surface area contributed by atoms with E-state index in [-0.39, 0.29) is 0 Å². The van der Waals surface area contributed by atoms with E-state index in [2.05, 4.69) is 5.16 Å². The SMILES string of the molecule is COc1cc(C)c(/C=N/O)c(C)c1. The van der Waals surface area contributed by atoms with Gasteiger partial charge in [0.05, 0.1) is 13.3 Å². The molecule has 1 aromatic rings. The summed E-state index contributed by atoms with van der Waals surface area (Å²) in [6.45, 7) is 3.90. The normalized spacial score (nSPS) is 10.7. The third-order valence-corrected chi connectivity index (χ3v) is 1.99. The Labute approximate surface area is 77.6 Å². The number of nitrogens with zero attached hydrogens (tertiary/aromatic N) is 1. The molecule has 0 saturated carbocycles. The van der Waals surface area contributed by atoms with Gasteiger partial charge in [-0.15, -0.1) is 0 Å². The Morgan fingerprint density at radius 1 is 1.31 bits per heavy atom. The van der Waals surface area contributed by atoms with Gasteiger partial charge in [0.2, 0.25) is 0 Å². The van der Waals surface area contributed by atoms with Crippen LogP contribution in [0, 0.1) is 13.8 Å². The number of aryl methyl sites for hydroxylation is 2. The van der Waals surface area contributed by atoms with Crippen LogP contribution in [0.1, 0.15) is 16.7 Å². The number of rotatable bonds is 2. The van der Waals surface area contributed by atoms with Gasteiger partial charge in [-0.1, -0.05) is 5.16 Å². The molecule has 0 spiro atoms. The van der Waals surface area contributed by atoms with Crippen LogP contribution < -0.4 is 4.74 Å². The van der Waals surface area contributed by atoms with Gasteiger partial charge in [-0.2, -0.15) is 0 Å². The number of oxime groups is 1. The molecule has 3 heteroatoms. The van der Waals surface area contributed by atoms with Gasteiger partial charge >= 0.3 is 0 Å². The largest absolute Gasteiger partial charge is 0.497 e. The third-order valence-electron chi connectivity index (χ3n) is 1.99. The third kappa shape index (κ3) is 1.99. The zero-order chi connectivity index (χ0) is 9.84. The van der Waals surface area contributed by atoms with Crippen LogP contribution in [0.25, 0.3) is 0 Å². The number of ether oxygens (including phenoxy) is 1. The predicted octanol–water partition coefficient (Wildman–Crippen LogP) is 2.12. The van der Waals surface area contributed by atoms with E-state index in [1.165, 1.54) is 6.21 Å². The zero-order valence-electron chi connectivity index (χ0n) is 8.03. The summed E-state index contributed by atoms with van der Waals surface area (Å²) in [6.07, 6.45) is 1.43. The maximum absolute atomic E-state index is 8.43. The van der Waals surface area contributed by atoms with Gasteiger partial charge in [0.1, 0.15) is 5.75 Å². The molecule has 0 fully saturated rings. The average Bonchev–Trinajstić information content (AvgIpc) is 2.11. The molecule has 0 heterocycles. The first-order valence-corrected chi connectivity index (χ1v) is 4.01. The number of hydrogen-bond donors (Lipinski definition) is 1. The number of hydrogen-bond acceptors (Lipinski definition) is 3. The minimum atomic E-state index is 0.824. The van der Waals surface area contributed by atoms with Crippen molar-refractivity contribution < 1.29 is 9.94 Å². The molecule has 0 unspecified atom stereocenters. The van der Waals surface area contributed by atoms with Gasteiger partial charge in [-0.25, -0.2) is 0 Å². The monoisotopic (exact) mass is 179 g/mol. The molecule has 3 nitrogen and oxygen atoms in total. The molecule has 1 N–H and O–H groups in total. The van der Waals surface area contributed by atoms with Gasteiger partial charge < -0.3 is 9.94 Å². The van der Waals surface area contributed by atoms with E-state index in [4.69, 9.17) is 9.94 Å². The van der Waals surface area contributed by atoms with Gasteiger partial charge in [0.15, 0.2) is 0 Å². The van der Waals surface area contributed by atoms with Gasteiger partial charge in [0, 0.05) is 5.56 Å². The van der Waals surface area contributed by atoms with E-state index < -0.39 is 0 Å². The van der Waals surface area contributed by atoms with Gasteiger partial charge in [-0.05, 0) is 37.1 Å². The van der Waals surface area contributed by atoms with Crippen LogP contribution >= 0.6 is 0 Å². The summed E-state index contributed by atoms with van der Waals surface area (Å²) in [7, 11) is 1.63. The Morgan fingerprint density at radius 2 is 1.85 bits per heavy atom. The lowest BCUT2D eigenvalue weighted by molar-refractivity contribution is 0.322. The standard InChI is InChI=1S/C10H13NO2/c1-7-4-9(13-3)5-8(2)10(7)6-11-12/h4-6,12H,1-3H3/b11-6+. The summed E-state index contributed by atoms with van der Waals surface area (Å²) < 4.78 is 5.10. The smallest absolute Gasteiger partial charge is 0.119 e. The molecule has 0 aliphatic heterocycles. The van der Waals surface area contributed by atoms with Crippen molar-refractivity contribution >= 4 is 6.21 Å². The molecule has 0 aromatic heterocycles. The minimum absolute atomic E-state index is 0.824. The van der Waals surface area contributed by atoms with Crippen LogP contribution in [0.4, 0.5) is 0 Å². The highest BCUT2D eigenvalue weighted by Crippen LogP contribution is 2.19. The van der Waals surface area contributed by atoms with Crippen molar-refractivity contribution in [3.63, 3.8) is 0 Å².